The van der Waals surface area contributed by atoms with Gasteiger partial charge in [-0.05, 0) is 71.8 Å². The largest absolute Gasteiger partial charge is 0.367 e. The molecular weight excluding hydrogens is 492 g/mol. The van der Waals surface area contributed by atoms with Gasteiger partial charge in [0.05, 0.1) is 23.1 Å². The fraction of sp³-hybridized carbons (Fsp3) is 0.577. The van der Waals surface area contributed by atoms with E-state index in [1.54, 1.807) is 0 Å². The molecule has 3 aliphatic rings. The molecule has 0 saturated carbocycles. The van der Waals surface area contributed by atoms with Crippen LogP contribution >= 0.6 is 15.9 Å². The smallest absolute Gasteiger partial charge is 0.223 e. The highest BCUT2D eigenvalue weighted by Crippen LogP contribution is 2.36. The van der Waals surface area contributed by atoms with E-state index in [1.165, 1.54) is 0 Å². The number of fused-ring (bicyclic) bond motifs is 1. The van der Waals surface area contributed by atoms with Crippen molar-refractivity contribution in [3.8, 4) is 0 Å². The average Bonchev–Trinajstić information content (AvgIpc) is 3.23. The molecule has 0 amide bonds. The van der Waals surface area contributed by atoms with Gasteiger partial charge in [-0.15, -0.1) is 0 Å². The first-order chi connectivity index (χ1) is 16.4. The van der Waals surface area contributed by atoms with E-state index in [9.17, 15) is 0 Å². The van der Waals surface area contributed by atoms with Crippen LogP contribution in [0.5, 0.6) is 0 Å². The van der Waals surface area contributed by atoms with Gasteiger partial charge in [0, 0.05) is 38.7 Å². The number of aliphatic imine (C=N–C) groups is 2. The zero-order chi connectivity index (χ0) is 24.2. The van der Waals surface area contributed by atoms with Crippen molar-refractivity contribution >= 4 is 27.6 Å². The quantitative estimate of drug-likeness (QED) is 0.489. The summed E-state index contributed by atoms with van der Waals surface area (Å²) >= 11 is 3.49. The van der Waals surface area contributed by atoms with Crippen LogP contribution in [0, 0.1) is 5.92 Å². The van der Waals surface area contributed by atoms with Crippen LogP contribution in [0.15, 0.2) is 55.7 Å². The summed E-state index contributed by atoms with van der Waals surface area (Å²) in [5.74, 6) is 1.25. The number of guanidine groups is 1. The first-order valence-electron chi connectivity index (χ1n) is 12.4. The summed E-state index contributed by atoms with van der Waals surface area (Å²) < 4.78 is 6.95. The third kappa shape index (κ3) is 5.85. The van der Waals surface area contributed by atoms with Gasteiger partial charge in [-0.2, -0.15) is 0 Å². The highest BCUT2D eigenvalue weighted by atomic mass is 79.9. The molecule has 0 radical (unpaired) electrons. The predicted octanol–water partition coefficient (Wildman–Crippen LogP) is 4.37. The van der Waals surface area contributed by atoms with Gasteiger partial charge < -0.3 is 20.7 Å². The molecule has 34 heavy (non-hydrogen) atoms. The second-order valence-corrected chi connectivity index (χ2v) is 10.5. The lowest BCUT2D eigenvalue weighted by Gasteiger charge is -2.33. The molecule has 2 unspecified atom stereocenters. The van der Waals surface area contributed by atoms with E-state index in [2.05, 4.69) is 58.0 Å². The second-order valence-electron chi connectivity index (χ2n) is 9.66. The van der Waals surface area contributed by atoms with Crippen LogP contribution in [0.2, 0.25) is 0 Å². The molecule has 1 fully saturated rings. The van der Waals surface area contributed by atoms with E-state index in [-0.39, 0.29) is 12.1 Å². The van der Waals surface area contributed by atoms with E-state index in [0.29, 0.717) is 18.6 Å². The number of halogens is 1. The van der Waals surface area contributed by atoms with Gasteiger partial charge >= 0.3 is 0 Å². The van der Waals surface area contributed by atoms with Crippen LogP contribution in [0.1, 0.15) is 58.8 Å². The monoisotopic (exact) mass is 528 g/mol. The standard InChI is InChI=1S/C26H37BrN6O/c1-5-34-25(22-7-6-8-23(27)30-22)19-9-10-21-24(17(19)4)32-26(31-21)29-18-11-13-33(14-12-18)15-20(28)16(2)3/h6-9,16,18,20,25H,5,10-15,28H2,1-4H3,(H,29,32). The maximum atomic E-state index is 6.27. The molecule has 4 rings (SSSR count). The normalized spacial score (nSPS) is 22.5. The average molecular weight is 530 g/mol. The minimum absolute atomic E-state index is 0.208. The Labute approximate surface area is 211 Å². The topological polar surface area (TPSA) is 88.1 Å². The Hall–Kier alpha value is -1.87. The number of hydrogen-bond acceptors (Lipinski definition) is 5. The van der Waals surface area contributed by atoms with Gasteiger partial charge in [0.1, 0.15) is 10.7 Å². The maximum Gasteiger partial charge on any atom is 0.223 e. The molecule has 1 aromatic rings. The summed E-state index contributed by atoms with van der Waals surface area (Å²) in [6, 6.07) is 6.48. The number of nitrogens with zero attached hydrogens (tertiary/aromatic N) is 4. The van der Waals surface area contributed by atoms with Gasteiger partial charge in [-0.25, -0.2) is 15.0 Å². The number of nitrogens with two attached hydrogens (primary N) is 1. The third-order valence-electron chi connectivity index (χ3n) is 6.90. The third-order valence-corrected chi connectivity index (χ3v) is 7.34. The Kier molecular flexibility index (Phi) is 8.34. The zero-order valence-corrected chi connectivity index (χ0v) is 22.3. The second kappa shape index (κ2) is 11.2. The summed E-state index contributed by atoms with van der Waals surface area (Å²) in [6.45, 7) is 12.2. The molecule has 2 aliphatic heterocycles. The molecule has 184 valence electrons. The number of likely N-dealkylation sites (tertiary alicyclic amines) is 1. The van der Waals surface area contributed by atoms with Crippen molar-refractivity contribution in [2.75, 3.05) is 26.2 Å². The van der Waals surface area contributed by atoms with Crippen molar-refractivity contribution in [1.29, 1.82) is 0 Å². The number of nitrogens with one attached hydrogen (secondary N) is 1. The highest BCUT2D eigenvalue weighted by Gasteiger charge is 2.30. The summed E-state index contributed by atoms with van der Waals surface area (Å²) in [4.78, 5) is 16.9. The van der Waals surface area contributed by atoms with Crippen molar-refractivity contribution in [2.24, 2.45) is 21.6 Å². The fourth-order valence-corrected chi connectivity index (χ4v) is 5.06. The summed E-state index contributed by atoms with van der Waals surface area (Å²) in [7, 11) is 0. The lowest BCUT2D eigenvalue weighted by atomic mass is 9.90. The zero-order valence-electron chi connectivity index (χ0n) is 20.7. The van der Waals surface area contributed by atoms with E-state index >= 15 is 0 Å². The number of pyridine rings is 1. The van der Waals surface area contributed by atoms with E-state index in [1.807, 2.05) is 25.1 Å². The number of hydrogen-bond donors (Lipinski definition) is 2. The Balaban J connectivity index is 1.43. The molecular formula is C26H37BrN6O. The van der Waals surface area contributed by atoms with Crippen molar-refractivity contribution < 1.29 is 4.74 Å². The Bertz CT molecular complexity index is 1010. The molecule has 0 aromatic carbocycles. The predicted molar refractivity (Wildman–Crippen MR) is 142 cm³/mol. The van der Waals surface area contributed by atoms with Crippen LogP contribution in [-0.2, 0) is 4.74 Å². The van der Waals surface area contributed by atoms with Crippen LogP contribution < -0.4 is 11.1 Å². The summed E-state index contributed by atoms with van der Waals surface area (Å²) in [5.41, 5.74) is 11.6. The van der Waals surface area contributed by atoms with E-state index in [0.717, 1.165) is 77.7 Å². The first kappa shape index (κ1) is 25.2. The maximum absolute atomic E-state index is 6.27. The molecule has 1 saturated heterocycles. The fourth-order valence-electron chi connectivity index (χ4n) is 4.71. The molecule has 7 nitrogen and oxygen atoms in total. The molecule has 1 aliphatic carbocycles. The van der Waals surface area contributed by atoms with Crippen molar-refractivity contribution in [3.63, 3.8) is 0 Å². The molecule has 1 aromatic heterocycles. The molecule has 0 bridgehead atoms. The van der Waals surface area contributed by atoms with Gasteiger partial charge in [0.15, 0.2) is 0 Å². The lowest BCUT2D eigenvalue weighted by Crippen LogP contribution is -2.45. The Morgan fingerprint density at radius 2 is 2.06 bits per heavy atom. The van der Waals surface area contributed by atoms with Crippen molar-refractivity contribution in [2.45, 2.75) is 65.1 Å². The van der Waals surface area contributed by atoms with Crippen LogP contribution in [-0.4, -0.2) is 59.9 Å². The molecule has 3 N–H and O–H groups in total. The lowest BCUT2D eigenvalue weighted by molar-refractivity contribution is 0.0865. The molecule has 2 atom stereocenters. The van der Waals surface area contributed by atoms with Gasteiger partial charge in [-0.1, -0.05) is 26.0 Å². The number of piperidine rings is 1. The van der Waals surface area contributed by atoms with Gasteiger partial charge in [0.25, 0.3) is 0 Å². The van der Waals surface area contributed by atoms with Gasteiger partial charge in [-0.3, -0.25) is 0 Å². The SMILES string of the molecule is CCOC(C1=CCC2=NC(=NC3CCN(CC(N)C(C)C)CC3)NC2=C1C)c1cccc(Br)n1. The number of ether oxygens (including phenoxy) is 1. The van der Waals surface area contributed by atoms with E-state index < -0.39 is 0 Å². The minimum atomic E-state index is -0.208. The van der Waals surface area contributed by atoms with Gasteiger partial charge in [0.2, 0.25) is 5.96 Å². The Morgan fingerprint density at radius 3 is 2.74 bits per heavy atom. The van der Waals surface area contributed by atoms with Crippen LogP contribution in [0.4, 0.5) is 0 Å². The van der Waals surface area contributed by atoms with Crippen LogP contribution in [0.3, 0.4) is 0 Å². The molecule has 0 spiro atoms. The summed E-state index contributed by atoms with van der Waals surface area (Å²) in [5, 5.41) is 3.50. The van der Waals surface area contributed by atoms with Crippen LogP contribution in [0.25, 0.3) is 0 Å². The number of allylic oxidation sites excluding steroid dienone is 2. The molecule has 8 heteroatoms. The Morgan fingerprint density at radius 1 is 1.29 bits per heavy atom. The first-order valence-corrected chi connectivity index (χ1v) is 13.2. The van der Waals surface area contributed by atoms with Crippen molar-refractivity contribution in [1.82, 2.24) is 15.2 Å². The number of rotatable bonds is 8. The number of aromatic nitrogens is 1. The summed E-state index contributed by atoms with van der Waals surface area (Å²) in [6.07, 6.45) is 4.87. The molecule has 3 heterocycles. The highest BCUT2D eigenvalue weighted by molar-refractivity contribution is 9.10. The minimum Gasteiger partial charge on any atom is -0.367 e. The van der Waals surface area contributed by atoms with Crippen molar-refractivity contribution in [3.05, 3.63) is 51.4 Å². The van der Waals surface area contributed by atoms with E-state index in [4.69, 9.17) is 20.5 Å².